The third kappa shape index (κ3) is 4.18. The van der Waals surface area contributed by atoms with E-state index in [1.165, 1.54) is 7.11 Å². The van der Waals surface area contributed by atoms with Gasteiger partial charge in [0.25, 0.3) is 0 Å². The summed E-state index contributed by atoms with van der Waals surface area (Å²) in [5.74, 6) is 0.707. The Morgan fingerprint density at radius 1 is 1.48 bits per heavy atom. The minimum absolute atomic E-state index is 0.308. The molecule has 7 heteroatoms. The van der Waals surface area contributed by atoms with Crippen molar-refractivity contribution in [3.8, 4) is 6.01 Å². The molecular weight excluding hydrogens is 292 g/mol. The lowest BCUT2D eigenvalue weighted by Gasteiger charge is -2.42. The maximum Gasteiger partial charge on any atom is 0.318 e. The molecule has 0 aromatic carbocycles. The number of aromatic nitrogens is 2. The van der Waals surface area contributed by atoms with Gasteiger partial charge < -0.3 is 14.7 Å². The Morgan fingerprint density at radius 2 is 2.19 bits per heavy atom. The van der Waals surface area contributed by atoms with Crippen LogP contribution in [0.25, 0.3) is 0 Å². The fourth-order valence-electron chi connectivity index (χ4n) is 2.58. The van der Waals surface area contributed by atoms with Gasteiger partial charge in [0.05, 0.1) is 18.9 Å². The quantitative estimate of drug-likeness (QED) is 0.907. The third-order valence-electron chi connectivity index (χ3n) is 3.54. The van der Waals surface area contributed by atoms with Gasteiger partial charge in [-0.25, -0.2) is 4.98 Å². The predicted octanol–water partition coefficient (Wildman–Crippen LogP) is 1.42. The second kappa shape index (κ2) is 6.34. The highest BCUT2D eigenvalue weighted by molar-refractivity contribution is 6.32. The number of halogens is 1. The third-order valence-corrected chi connectivity index (χ3v) is 3.81. The van der Waals surface area contributed by atoms with Gasteiger partial charge in [-0.3, -0.25) is 4.90 Å². The van der Waals surface area contributed by atoms with Gasteiger partial charge >= 0.3 is 6.01 Å². The largest absolute Gasteiger partial charge is 0.467 e. The Balaban J connectivity index is 2.09. The summed E-state index contributed by atoms with van der Waals surface area (Å²) in [6, 6.07) is 0.628. The number of hydrogen-bond acceptors (Lipinski definition) is 6. The van der Waals surface area contributed by atoms with Crippen LogP contribution in [0.15, 0.2) is 6.20 Å². The number of methoxy groups -OCH3 is 1. The first kappa shape index (κ1) is 16.3. The minimum atomic E-state index is -0.688. The highest BCUT2D eigenvalue weighted by Gasteiger charge is 2.29. The Hall–Kier alpha value is -1.11. The van der Waals surface area contributed by atoms with Gasteiger partial charge in [-0.15, -0.1) is 0 Å². The van der Waals surface area contributed by atoms with E-state index in [1.807, 2.05) is 13.8 Å². The maximum absolute atomic E-state index is 9.97. The molecule has 1 saturated heterocycles. The molecule has 0 bridgehead atoms. The van der Waals surface area contributed by atoms with Crippen molar-refractivity contribution in [3.63, 3.8) is 0 Å². The molecule has 118 valence electrons. The van der Waals surface area contributed by atoms with E-state index in [4.69, 9.17) is 16.3 Å². The number of nitrogens with zero attached hydrogens (tertiary/aromatic N) is 4. The first-order valence-electron chi connectivity index (χ1n) is 7.08. The van der Waals surface area contributed by atoms with Crippen LogP contribution < -0.4 is 9.64 Å². The zero-order chi connectivity index (χ0) is 15.6. The van der Waals surface area contributed by atoms with Gasteiger partial charge in [0.15, 0.2) is 5.82 Å². The van der Waals surface area contributed by atoms with Crippen LogP contribution in [0.1, 0.15) is 20.8 Å². The molecule has 0 saturated carbocycles. The first-order valence-corrected chi connectivity index (χ1v) is 7.46. The van der Waals surface area contributed by atoms with Crippen molar-refractivity contribution in [1.82, 2.24) is 14.9 Å². The van der Waals surface area contributed by atoms with Crippen LogP contribution in [0.5, 0.6) is 6.01 Å². The number of ether oxygens (including phenoxy) is 1. The van der Waals surface area contributed by atoms with Crippen molar-refractivity contribution in [2.24, 2.45) is 0 Å². The van der Waals surface area contributed by atoms with Crippen molar-refractivity contribution in [2.45, 2.75) is 32.4 Å². The van der Waals surface area contributed by atoms with Gasteiger partial charge in [0.2, 0.25) is 0 Å². The van der Waals surface area contributed by atoms with Crippen LogP contribution in [0.2, 0.25) is 5.02 Å². The molecule has 2 rings (SSSR count). The van der Waals surface area contributed by atoms with Gasteiger partial charge in [-0.2, -0.15) is 4.98 Å². The summed E-state index contributed by atoms with van der Waals surface area (Å²) in [7, 11) is 1.54. The normalized spacial score (nSPS) is 20.7. The Labute approximate surface area is 130 Å². The number of piperazine rings is 1. The molecule has 1 unspecified atom stereocenters. The highest BCUT2D eigenvalue weighted by atomic mass is 35.5. The van der Waals surface area contributed by atoms with E-state index in [0.29, 0.717) is 29.4 Å². The monoisotopic (exact) mass is 314 g/mol. The van der Waals surface area contributed by atoms with Crippen molar-refractivity contribution in [1.29, 1.82) is 0 Å². The number of anilines is 1. The molecule has 0 amide bonds. The summed E-state index contributed by atoms with van der Waals surface area (Å²) in [5.41, 5.74) is -0.688. The standard InChI is InChI=1S/C14H23ClN4O2/c1-10-8-18(5-6-19(10)9-14(2,3)20)12-11(15)7-16-13(17-12)21-4/h7,10,20H,5-6,8-9H2,1-4H3. The molecule has 0 aliphatic carbocycles. The number of aliphatic hydroxyl groups is 1. The number of rotatable bonds is 4. The average Bonchev–Trinajstić information content (AvgIpc) is 2.40. The van der Waals surface area contributed by atoms with Crippen LogP contribution in [-0.4, -0.2) is 64.9 Å². The molecule has 0 radical (unpaired) electrons. The Kier molecular flexibility index (Phi) is 4.91. The maximum atomic E-state index is 9.97. The van der Waals surface area contributed by atoms with E-state index in [-0.39, 0.29) is 0 Å². The van der Waals surface area contributed by atoms with Crippen LogP contribution in [0.3, 0.4) is 0 Å². The van der Waals surface area contributed by atoms with E-state index in [9.17, 15) is 5.11 Å². The lowest BCUT2D eigenvalue weighted by molar-refractivity contribution is 0.0200. The Bertz CT molecular complexity index is 492. The molecule has 1 aliphatic heterocycles. The van der Waals surface area contributed by atoms with Crippen molar-refractivity contribution < 1.29 is 9.84 Å². The van der Waals surface area contributed by atoms with E-state index < -0.39 is 5.60 Å². The molecule has 1 atom stereocenters. The van der Waals surface area contributed by atoms with E-state index >= 15 is 0 Å². The number of β-amino-alcohol motifs (C(OH)–C–C–N with tert-alkyl or cyclic N) is 1. The molecule has 1 aliphatic rings. The molecule has 0 spiro atoms. The summed E-state index contributed by atoms with van der Waals surface area (Å²) < 4.78 is 5.06. The lowest BCUT2D eigenvalue weighted by Crippen LogP contribution is -2.55. The minimum Gasteiger partial charge on any atom is -0.467 e. The summed E-state index contributed by atoms with van der Waals surface area (Å²) in [6.45, 7) is 8.92. The zero-order valence-electron chi connectivity index (χ0n) is 13.0. The summed E-state index contributed by atoms with van der Waals surface area (Å²) in [5, 5.41) is 10.5. The SMILES string of the molecule is COc1ncc(Cl)c(N2CCN(CC(C)(C)O)C(C)C2)n1. The van der Waals surface area contributed by atoms with Gasteiger partial charge in [-0.1, -0.05) is 11.6 Å². The molecule has 6 nitrogen and oxygen atoms in total. The van der Waals surface area contributed by atoms with E-state index in [0.717, 1.165) is 19.6 Å². The smallest absolute Gasteiger partial charge is 0.318 e. The van der Waals surface area contributed by atoms with Crippen molar-refractivity contribution in [3.05, 3.63) is 11.2 Å². The average molecular weight is 315 g/mol. The van der Waals surface area contributed by atoms with E-state index in [2.05, 4.69) is 26.7 Å². The van der Waals surface area contributed by atoms with Gasteiger partial charge in [0, 0.05) is 32.2 Å². The predicted molar refractivity (Wildman–Crippen MR) is 83.1 cm³/mol. The van der Waals surface area contributed by atoms with Crippen LogP contribution in [0.4, 0.5) is 5.82 Å². The molecule has 1 fully saturated rings. The van der Waals surface area contributed by atoms with Crippen LogP contribution in [0, 0.1) is 0 Å². The van der Waals surface area contributed by atoms with Crippen LogP contribution in [-0.2, 0) is 0 Å². The van der Waals surface area contributed by atoms with Crippen molar-refractivity contribution in [2.75, 3.05) is 38.2 Å². The fraction of sp³-hybridized carbons (Fsp3) is 0.714. The zero-order valence-corrected chi connectivity index (χ0v) is 13.8. The summed E-state index contributed by atoms with van der Waals surface area (Å²) >= 11 is 6.20. The van der Waals surface area contributed by atoms with E-state index in [1.54, 1.807) is 6.20 Å². The van der Waals surface area contributed by atoms with Gasteiger partial charge in [0.1, 0.15) is 5.02 Å². The first-order chi connectivity index (χ1) is 9.80. The topological polar surface area (TPSA) is 61.7 Å². The second-order valence-corrected chi connectivity index (χ2v) is 6.51. The Morgan fingerprint density at radius 3 is 2.76 bits per heavy atom. The molecule has 1 aromatic rings. The van der Waals surface area contributed by atoms with Crippen LogP contribution >= 0.6 is 11.6 Å². The highest BCUT2D eigenvalue weighted by Crippen LogP contribution is 2.27. The lowest BCUT2D eigenvalue weighted by atomic mass is 10.1. The summed E-state index contributed by atoms with van der Waals surface area (Å²) in [6.07, 6.45) is 1.57. The molecule has 2 heterocycles. The van der Waals surface area contributed by atoms with Crippen molar-refractivity contribution >= 4 is 17.4 Å². The fourth-order valence-corrected chi connectivity index (χ4v) is 2.79. The molecule has 21 heavy (non-hydrogen) atoms. The second-order valence-electron chi connectivity index (χ2n) is 6.11. The molecule has 1 N–H and O–H groups in total. The number of hydrogen-bond donors (Lipinski definition) is 1. The van der Waals surface area contributed by atoms with Gasteiger partial charge in [-0.05, 0) is 20.8 Å². The summed E-state index contributed by atoms with van der Waals surface area (Å²) in [4.78, 5) is 12.8. The molecular formula is C14H23ClN4O2. The molecule has 1 aromatic heterocycles.